The van der Waals surface area contributed by atoms with E-state index in [-0.39, 0.29) is 18.5 Å². The van der Waals surface area contributed by atoms with E-state index in [2.05, 4.69) is 5.32 Å². The van der Waals surface area contributed by atoms with Crippen molar-refractivity contribution in [3.63, 3.8) is 0 Å². The van der Waals surface area contributed by atoms with E-state index in [1.165, 1.54) is 11.3 Å². The van der Waals surface area contributed by atoms with E-state index in [9.17, 15) is 18.0 Å². The molecule has 0 heterocycles. The minimum atomic E-state index is -3.83. The Hall–Kier alpha value is -3.85. The summed E-state index contributed by atoms with van der Waals surface area (Å²) in [7, 11) is -3.83. The summed E-state index contributed by atoms with van der Waals surface area (Å²) in [5.74, 6) is -0.0536. The second-order valence-electron chi connectivity index (χ2n) is 11.3. The van der Waals surface area contributed by atoms with Crippen LogP contribution in [0.1, 0.15) is 62.1 Å². The molecule has 1 saturated carbocycles. The molecule has 43 heavy (non-hydrogen) atoms. The van der Waals surface area contributed by atoms with E-state index in [0.717, 1.165) is 52.9 Å². The first kappa shape index (κ1) is 32.1. The molecule has 4 rings (SSSR count). The highest BCUT2D eigenvalue weighted by Gasteiger charge is 2.32. The summed E-state index contributed by atoms with van der Waals surface area (Å²) >= 11 is 0. The molecule has 0 unspecified atom stereocenters. The van der Waals surface area contributed by atoms with E-state index >= 15 is 0 Å². The van der Waals surface area contributed by atoms with Crippen molar-refractivity contribution in [3.8, 4) is 5.75 Å². The van der Waals surface area contributed by atoms with Gasteiger partial charge in [0, 0.05) is 12.6 Å². The van der Waals surface area contributed by atoms with E-state index < -0.39 is 28.5 Å². The zero-order valence-corrected chi connectivity index (χ0v) is 26.2. The van der Waals surface area contributed by atoms with Gasteiger partial charge in [0.2, 0.25) is 21.8 Å². The average Bonchev–Trinajstić information content (AvgIpc) is 2.99. The summed E-state index contributed by atoms with van der Waals surface area (Å²) in [6.45, 7) is 4.00. The molecular weight excluding hydrogens is 562 g/mol. The lowest BCUT2D eigenvalue weighted by atomic mass is 9.95. The first-order valence-electron chi connectivity index (χ1n) is 15.0. The summed E-state index contributed by atoms with van der Waals surface area (Å²) in [4.78, 5) is 29.1. The molecule has 0 aliphatic heterocycles. The molecule has 1 aliphatic rings. The Kier molecular flexibility index (Phi) is 11.2. The van der Waals surface area contributed by atoms with E-state index in [4.69, 9.17) is 4.74 Å². The van der Waals surface area contributed by atoms with Crippen molar-refractivity contribution in [2.75, 3.05) is 17.1 Å². The summed E-state index contributed by atoms with van der Waals surface area (Å²) in [5, 5.41) is 3.17. The van der Waals surface area contributed by atoms with Gasteiger partial charge in [-0.1, -0.05) is 86.3 Å². The standard InChI is InChI=1S/C34H43N3O5S/c1-4-32(34(39)35-29-16-9-6-10-17-29)36(23-28-15-11-12-26(2)22-28)33(38)24-37(43(3,40)41)30-18-20-31(21-19-30)42-25-27-13-7-5-8-14-27/h5,7-8,11-15,18-22,29,32H,4,6,9-10,16-17,23-25H2,1-3H3,(H,35,39)/t32-/m1/s1. The highest BCUT2D eigenvalue weighted by atomic mass is 32.2. The van der Waals surface area contributed by atoms with Crippen molar-refractivity contribution >= 4 is 27.5 Å². The Balaban J connectivity index is 1.55. The number of nitrogens with one attached hydrogen (secondary N) is 1. The lowest BCUT2D eigenvalue weighted by Crippen LogP contribution is -2.53. The summed E-state index contributed by atoms with van der Waals surface area (Å²) in [6, 6.07) is 23.5. The van der Waals surface area contributed by atoms with Gasteiger partial charge in [-0.15, -0.1) is 0 Å². The largest absolute Gasteiger partial charge is 0.489 e. The van der Waals surface area contributed by atoms with Gasteiger partial charge in [0.1, 0.15) is 24.9 Å². The second-order valence-corrected chi connectivity index (χ2v) is 13.2. The number of amides is 2. The average molecular weight is 606 g/mol. The number of anilines is 1. The predicted molar refractivity (Wildman–Crippen MR) is 170 cm³/mol. The number of carbonyl (C=O) groups excluding carboxylic acids is 2. The zero-order valence-electron chi connectivity index (χ0n) is 25.4. The number of hydrogen-bond donors (Lipinski definition) is 1. The lowest BCUT2D eigenvalue weighted by molar-refractivity contribution is -0.140. The summed E-state index contributed by atoms with van der Waals surface area (Å²) in [5.41, 5.74) is 3.28. The number of ether oxygens (including phenoxy) is 1. The molecule has 3 aromatic rings. The highest BCUT2D eigenvalue weighted by Crippen LogP contribution is 2.24. The van der Waals surface area contributed by atoms with E-state index in [0.29, 0.717) is 24.5 Å². The topological polar surface area (TPSA) is 96.0 Å². The first-order valence-corrected chi connectivity index (χ1v) is 16.9. The Morgan fingerprint density at radius 1 is 0.930 bits per heavy atom. The SMILES string of the molecule is CC[C@H](C(=O)NC1CCCCC1)N(Cc1cccc(C)c1)C(=O)CN(c1ccc(OCc2ccccc2)cc1)S(C)(=O)=O. The van der Waals surface area contributed by atoms with E-state index in [1.807, 2.05) is 68.4 Å². The van der Waals surface area contributed by atoms with Gasteiger partial charge in [0.15, 0.2) is 0 Å². The molecule has 2 amide bonds. The molecule has 1 fully saturated rings. The summed E-state index contributed by atoms with van der Waals surface area (Å²) < 4.78 is 32.9. The van der Waals surface area contributed by atoms with Crippen LogP contribution in [0.25, 0.3) is 0 Å². The van der Waals surface area contributed by atoms with Gasteiger partial charge in [0.05, 0.1) is 11.9 Å². The maximum Gasteiger partial charge on any atom is 0.244 e. The van der Waals surface area contributed by atoms with Crippen LogP contribution in [0, 0.1) is 6.92 Å². The van der Waals surface area contributed by atoms with Crippen molar-refractivity contribution in [3.05, 3.63) is 95.6 Å². The fourth-order valence-corrected chi connectivity index (χ4v) is 6.38. The van der Waals surface area contributed by atoms with Crippen LogP contribution in [0.2, 0.25) is 0 Å². The molecular formula is C34H43N3O5S. The maximum atomic E-state index is 14.0. The minimum Gasteiger partial charge on any atom is -0.489 e. The van der Waals surface area contributed by atoms with Crippen LogP contribution >= 0.6 is 0 Å². The van der Waals surface area contributed by atoms with Gasteiger partial charge in [0.25, 0.3) is 0 Å². The third-order valence-electron chi connectivity index (χ3n) is 7.83. The quantitative estimate of drug-likeness (QED) is 0.274. The number of hydrogen-bond acceptors (Lipinski definition) is 5. The Labute approximate surface area is 256 Å². The van der Waals surface area contributed by atoms with Crippen LogP contribution in [-0.4, -0.2) is 50.0 Å². The van der Waals surface area contributed by atoms with Gasteiger partial charge in [-0.25, -0.2) is 8.42 Å². The normalized spacial score (nSPS) is 14.5. The monoisotopic (exact) mass is 605 g/mol. The van der Waals surface area contributed by atoms with Crippen LogP contribution < -0.4 is 14.4 Å². The van der Waals surface area contributed by atoms with Gasteiger partial charge in [-0.05, 0) is 61.6 Å². The van der Waals surface area contributed by atoms with Gasteiger partial charge in [-0.2, -0.15) is 0 Å². The number of benzene rings is 3. The van der Waals surface area contributed by atoms with Crippen molar-refractivity contribution in [1.82, 2.24) is 10.2 Å². The molecule has 1 atom stereocenters. The molecule has 0 saturated heterocycles. The predicted octanol–water partition coefficient (Wildman–Crippen LogP) is 5.60. The fourth-order valence-electron chi connectivity index (χ4n) is 5.53. The number of rotatable bonds is 13. The number of nitrogens with zero attached hydrogens (tertiary/aromatic N) is 2. The number of aryl methyl sites for hydroxylation is 1. The molecule has 0 bridgehead atoms. The van der Waals surface area contributed by atoms with Gasteiger partial charge in [-0.3, -0.25) is 13.9 Å². The molecule has 3 aromatic carbocycles. The van der Waals surface area contributed by atoms with Crippen molar-refractivity contribution < 1.29 is 22.7 Å². The molecule has 1 aliphatic carbocycles. The van der Waals surface area contributed by atoms with Gasteiger partial charge < -0.3 is 15.0 Å². The molecule has 9 heteroatoms. The lowest BCUT2D eigenvalue weighted by Gasteiger charge is -2.34. The van der Waals surface area contributed by atoms with Crippen LogP contribution in [0.5, 0.6) is 5.75 Å². The third kappa shape index (κ3) is 9.32. The Morgan fingerprint density at radius 3 is 2.23 bits per heavy atom. The molecule has 1 N–H and O–H groups in total. The zero-order chi connectivity index (χ0) is 30.8. The Bertz CT molecular complexity index is 1450. The smallest absolute Gasteiger partial charge is 0.244 e. The molecule has 230 valence electrons. The van der Waals surface area contributed by atoms with Crippen molar-refractivity contribution in [2.24, 2.45) is 0 Å². The second kappa shape index (κ2) is 15.0. The Morgan fingerprint density at radius 2 is 1.60 bits per heavy atom. The van der Waals surface area contributed by atoms with E-state index in [1.54, 1.807) is 24.3 Å². The summed E-state index contributed by atoms with van der Waals surface area (Å²) in [6.07, 6.45) is 6.67. The van der Waals surface area contributed by atoms with Crippen LogP contribution in [0.4, 0.5) is 5.69 Å². The van der Waals surface area contributed by atoms with Crippen molar-refractivity contribution in [2.45, 2.75) is 77.6 Å². The van der Waals surface area contributed by atoms with Crippen LogP contribution in [-0.2, 0) is 32.8 Å². The maximum absolute atomic E-state index is 14.0. The molecule has 0 radical (unpaired) electrons. The molecule has 8 nitrogen and oxygen atoms in total. The van der Waals surface area contributed by atoms with Crippen LogP contribution in [0.3, 0.4) is 0 Å². The number of carbonyl (C=O) groups is 2. The van der Waals surface area contributed by atoms with Crippen molar-refractivity contribution in [1.29, 1.82) is 0 Å². The van der Waals surface area contributed by atoms with Gasteiger partial charge >= 0.3 is 0 Å². The molecule has 0 aromatic heterocycles. The third-order valence-corrected chi connectivity index (χ3v) is 8.97. The highest BCUT2D eigenvalue weighted by molar-refractivity contribution is 7.92. The van der Waals surface area contributed by atoms with Crippen LogP contribution in [0.15, 0.2) is 78.9 Å². The number of sulfonamides is 1. The fraction of sp³-hybridized carbons (Fsp3) is 0.412. The minimum absolute atomic E-state index is 0.0985. The first-order chi connectivity index (χ1) is 20.6. The molecule has 0 spiro atoms.